The van der Waals surface area contributed by atoms with Crippen molar-refractivity contribution in [2.24, 2.45) is 7.05 Å². The maximum absolute atomic E-state index is 5.69. The van der Waals surface area contributed by atoms with Gasteiger partial charge < -0.3 is 24.8 Å². The SMILES string of the molecule is CNc1cc(C)nc(Nc2ccc(OC)c(-c3cn(C)c4c3CCN(C)C4)c2)n1. The summed E-state index contributed by atoms with van der Waals surface area (Å²) in [4.78, 5) is 11.4. The topological polar surface area (TPSA) is 67.2 Å². The number of fused-ring (bicyclic) bond motifs is 1. The van der Waals surface area contributed by atoms with Gasteiger partial charge in [-0.3, -0.25) is 0 Å². The number of methoxy groups -OCH3 is 1. The largest absolute Gasteiger partial charge is 0.496 e. The summed E-state index contributed by atoms with van der Waals surface area (Å²) in [5, 5.41) is 6.41. The van der Waals surface area contributed by atoms with Crippen LogP contribution in [0.1, 0.15) is 17.0 Å². The van der Waals surface area contributed by atoms with Crippen LogP contribution < -0.4 is 15.4 Å². The Morgan fingerprint density at radius 1 is 1.10 bits per heavy atom. The number of nitrogens with zero attached hydrogens (tertiary/aromatic N) is 4. The zero-order chi connectivity index (χ0) is 20.5. The van der Waals surface area contributed by atoms with Crippen LogP contribution in [0.2, 0.25) is 0 Å². The third-order valence-corrected chi connectivity index (χ3v) is 5.44. The number of nitrogens with one attached hydrogen (secondary N) is 2. The van der Waals surface area contributed by atoms with Crippen molar-refractivity contribution in [3.63, 3.8) is 0 Å². The van der Waals surface area contributed by atoms with Crippen LogP contribution in [0.3, 0.4) is 0 Å². The van der Waals surface area contributed by atoms with Gasteiger partial charge in [-0.15, -0.1) is 0 Å². The number of anilines is 3. The van der Waals surface area contributed by atoms with Crippen LogP contribution in [-0.4, -0.2) is 47.2 Å². The first kappa shape index (κ1) is 19.3. The average Bonchev–Trinajstić information content (AvgIpc) is 3.03. The Morgan fingerprint density at radius 3 is 2.69 bits per heavy atom. The van der Waals surface area contributed by atoms with Crippen molar-refractivity contribution in [3.8, 4) is 16.9 Å². The van der Waals surface area contributed by atoms with Gasteiger partial charge in [-0.05, 0) is 44.2 Å². The fraction of sp³-hybridized carbons (Fsp3) is 0.364. The lowest BCUT2D eigenvalue weighted by Crippen LogP contribution is -2.27. The quantitative estimate of drug-likeness (QED) is 0.692. The number of hydrogen-bond acceptors (Lipinski definition) is 6. The molecule has 0 saturated heterocycles. The molecule has 0 spiro atoms. The Hall–Kier alpha value is -3.06. The molecule has 0 radical (unpaired) electrons. The molecule has 1 aliphatic rings. The van der Waals surface area contributed by atoms with Gasteiger partial charge in [0.1, 0.15) is 11.6 Å². The summed E-state index contributed by atoms with van der Waals surface area (Å²) in [6, 6.07) is 8.03. The summed E-state index contributed by atoms with van der Waals surface area (Å²) < 4.78 is 7.93. The highest BCUT2D eigenvalue weighted by atomic mass is 16.5. The van der Waals surface area contributed by atoms with Crippen molar-refractivity contribution in [1.82, 2.24) is 19.4 Å². The molecule has 3 aromatic rings. The standard InChI is InChI=1S/C22H28N6O/c1-14-10-21(23-2)26-22(24-14)25-15-6-7-20(29-5)17(11-15)18-12-28(4)19-13-27(3)9-8-16(18)19/h6-7,10-12H,8-9,13H2,1-5H3,(H2,23,24,25,26). The van der Waals surface area contributed by atoms with Gasteiger partial charge in [0.2, 0.25) is 5.95 Å². The molecular formula is C22H28N6O. The van der Waals surface area contributed by atoms with Crippen LogP contribution in [-0.2, 0) is 20.0 Å². The van der Waals surface area contributed by atoms with E-state index in [0.717, 1.165) is 48.0 Å². The Bertz CT molecular complexity index is 1040. The molecule has 29 heavy (non-hydrogen) atoms. The van der Waals surface area contributed by atoms with Crippen molar-refractivity contribution in [3.05, 3.63) is 47.4 Å². The lowest BCUT2D eigenvalue weighted by Gasteiger charge is -2.24. The highest BCUT2D eigenvalue weighted by Gasteiger charge is 2.23. The van der Waals surface area contributed by atoms with E-state index in [0.29, 0.717) is 5.95 Å². The molecule has 2 N–H and O–H groups in total. The molecule has 152 valence electrons. The molecule has 4 rings (SSSR count). The maximum atomic E-state index is 5.69. The normalized spacial score (nSPS) is 13.8. The van der Waals surface area contributed by atoms with Gasteiger partial charge in [-0.2, -0.15) is 4.98 Å². The van der Waals surface area contributed by atoms with Crippen molar-refractivity contribution >= 4 is 17.5 Å². The van der Waals surface area contributed by atoms with Gasteiger partial charge in [0.05, 0.1) is 7.11 Å². The molecule has 0 atom stereocenters. The molecule has 2 aromatic heterocycles. The number of benzene rings is 1. The molecule has 7 heteroatoms. The smallest absolute Gasteiger partial charge is 0.229 e. The van der Waals surface area contributed by atoms with E-state index < -0.39 is 0 Å². The van der Waals surface area contributed by atoms with E-state index >= 15 is 0 Å². The monoisotopic (exact) mass is 392 g/mol. The molecule has 7 nitrogen and oxygen atoms in total. The average molecular weight is 393 g/mol. The molecule has 3 heterocycles. The van der Waals surface area contributed by atoms with Crippen LogP contribution >= 0.6 is 0 Å². The molecule has 0 aliphatic carbocycles. The van der Waals surface area contributed by atoms with Gasteiger partial charge in [0, 0.05) is 67.7 Å². The third-order valence-electron chi connectivity index (χ3n) is 5.44. The highest BCUT2D eigenvalue weighted by molar-refractivity contribution is 5.78. The summed E-state index contributed by atoms with van der Waals surface area (Å²) >= 11 is 0. The molecule has 1 aromatic carbocycles. The number of aromatic nitrogens is 3. The lowest BCUT2D eigenvalue weighted by atomic mass is 9.97. The Balaban J connectivity index is 1.74. The van der Waals surface area contributed by atoms with E-state index in [1.54, 1.807) is 7.11 Å². The fourth-order valence-electron chi connectivity index (χ4n) is 3.95. The zero-order valence-corrected chi connectivity index (χ0v) is 17.7. The predicted molar refractivity (Wildman–Crippen MR) is 117 cm³/mol. The van der Waals surface area contributed by atoms with Crippen LogP contribution in [0.5, 0.6) is 5.75 Å². The minimum atomic E-state index is 0.571. The van der Waals surface area contributed by atoms with Gasteiger partial charge in [-0.25, -0.2) is 4.98 Å². The van der Waals surface area contributed by atoms with Gasteiger partial charge in [-0.1, -0.05) is 0 Å². The maximum Gasteiger partial charge on any atom is 0.229 e. The number of rotatable bonds is 5. The van der Waals surface area contributed by atoms with Gasteiger partial charge in [0.15, 0.2) is 0 Å². The third kappa shape index (κ3) is 3.78. The molecule has 0 fully saturated rings. The summed E-state index contributed by atoms with van der Waals surface area (Å²) in [6.45, 7) is 3.99. The van der Waals surface area contributed by atoms with E-state index in [2.05, 4.69) is 56.4 Å². The minimum absolute atomic E-state index is 0.571. The highest BCUT2D eigenvalue weighted by Crippen LogP contribution is 2.38. The predicted octanol–water partition coefficient (Wildman–Crippen LogP) is 3.57. The summed E-state index contributed by atoms with van der Waals surface area (Å²) in [7, 11) is 7.86. The van der Waals surface area contributed by atoms with E-state index in [-0.39, 0.29) is 0 Å². The van der Waals surface area contributed by atoms with E-state index in [9.17, 15) is 0 Å². The number of ether oxygens (including phenoxy) is 1. The molecule has 0 bridgehead atoms. The molecular weight excluding hydrogens is 364 g/mol. The number of aryl methyl sites for hydroxylation is 2. The van der Waals surface area contributed by atoms with Crippen molar-refractivity contribution in [2.75, 3.05) is 38.4 Å². The first-order valence-corrected chi connectivity index (χ1v) is 9.83. The fourth-order valence-corrected chi connectivity index (χ4v) is 3.95. The van der Waals surface area contributed by atoms with Gasteiger partial charge >= 0.3 is 0 Å². The second-order valence-corrected chi connectivity index (χ2v) is 7.57. The first-order valence-electron chi connectivity index (χ1n) is 9.83. The van der Waals surface area contributed by atoms with Crippen LogP contribution in [0.25, 0.3) is 11.1 Å². The lowest BCUT2D eigenvalue weighted by molar-refractivity contribution is 0.304. The Kier molecular flexibility index (Phi) is 5.15. The van der Waals surface area contributed by atoms with Crippen molar-refractivity contribution in [1.29, 1.82) is 0 Å². The first-order chi connectivity index (χ1) is 14.0. The summed E-state index contributed by atoms with van der Waals surface area (Å²) in [5.74, 6) is 2.22. The number of likely N-dealkylation sites (N-methyl/N-ethyl adjacent to an activating group) is 1. The Labute approximate surface area is 171 Å². The van der Waals surface area contributed by atoms with Crippen molar-refractivity contribution in [2.45, 2.75) is 19.9 Å². The summed E-state index contributed by atoms with van der Waals surface area (Å²) in [6.07, 6.45) is 3.25. The Morgan fingerprint density at radius 2 is 1.93 bits per heavy atom. The van der Waals surface area contributed by atoms with Crippen LogP contribution in [0.4, 0.5) is 17.5 Å². The minimum Gasteiger partial charge on any atom is -0.496 e. The molecule has 0 unspecified atom stereocenters. The van der Waals surface area contributed by atoms with Crippen LogP contribution in [0, 0.1) is 6.92 Å². The van der Waals surface area contributed by atoms with Crippen molar-refractivity contribution < 1.29 is 4.74 Å². The molecule has 0 amide bonds. The van der Waals surface area contributed by atoms with E-state index in [4.69, 9.17) is 4.74 Å². The van der Waals surface area contributed by atoms with E-state index in [1.165, 1.54) is 16.8 Å². The summed E-state index contributed by atoms with van der Waals surface area (Å²) in [5.41, 5.74) is 6.93. The zero-order valence-electron chi connectivity index (χ0n) is 17.7. The van der Waals surface area contributed by atoms with Gasteiger partial charge in [0.25, 0.3) is 0 Å². The second-order valence-electron chi connectivity index (χ2n) is 7.57. The number of hydrogen-bond donors (Lipinski definition) is 2. The van der Waals surface area contributed by atoms with E-state index in [1.807, 2.05) is 32.2 Å². The van der Waals surface area contributed by atoms with Crippen LogP contribution in [0.15, 0.2) is 30.5 Å². The molecule has 1 aliphatic heterocycles. The molecule has 0 saturated carbocycles. The second kappa shape index (κ2) is 7.75.